The molecule has 1 saturated carbocycles. The number of rotatable bonds is 4. The van der Waals surface area contributed by atoms with Crippen LogP contribution in [-0.2, 0) is 0 Å². The standard InChI is InChI=1S/C15H20N8O/c16-13-12(9-18-14(17)21-13)23-5-3-22(4-6-23)10-7-19-15(20-8-10)24-11-1-2-11/h7-9,11H,1-6H2,(H4,16,17,18,21). The molecule has 2 fully saturated rings. The second kappa shape index (κ2) is 5.99. The number of nitrogens with zero attached hydrogens (tertiary/aromatic N) is 6. The summed E-state index contributed by atoms with van der Waals surface area (Å²) in [5, 5.41) is 0. The van der Waals surface area contributed by atoms with Gasteiger partial charge in [-0.3, -0.25) is 0 Å². The first-order chi connectivity index (χ1) is 11.7. The Kier molecular flexibility index (Phi) is 3.68. The maximum atomic E-state index is 5.94. The third-order valence-electron chi connectivity index (χ3n) is 4.21. The van der Waals surface area contributed by atoms with Crippen molar-refractivity contribution in [2.45, 2.75) is 18.9 Å². The quantitative estimate of drug-likeness (QED) is 0.816. The third-order valence-corrected chi connectivity index (χ3v) is 4.21. The van der Waals surface area contributed by atoms with Crippen LogP contribution in [0.2, 0.25) is 0 Å². The number of nitrogen functional groups attached to an aromatic ring is 2. The Hall–Kier alpha value is -2.84. The highest BCUT2D eigenvalue weighted by Gasteiger charge is 2.25. The summed E-state index contributed by atoms with van der Waals surface area (Å²) in [5.41, 5.74) is 13.3. The van der Waals surface area contributed by atoms with Gasteiger partial charge in [-0.05, 0) is 12.8 Å². The predicted molar refractivity (Wildman–Crippen MR) is 91.0 cm³/mol. The third kappa shape index (κ3) is 3.10. The van der Waals surface area contributed by atoms with Crippen LogP contribution in [0.15, 0.2) is 18.6 Å². The summed E-state index contributed by atoms with van der Waals surface area (Å²) in [4.78, 5) is 21.0. The lowest BCUT2D eigenvalue weighted by molar-refractivity contribution is 0.278. The topological polar surface area (TPSA) is 119 Å². The van der Waals surface area contributed by atoms with Crippen molar-refractivity contribution in [2.75, 3.05) is 47.4 Å². The summed E-state index contributed by atoms with van der Waals surface area (Å²) in [6.45, 7) is 3.32. The van der Waals surface area contributed by atoms with Crippen LogP contribution in [0.25, 0.3) is 0 Å². The normalized spacial score (nSPS) is 17.8. The fraction of sp³-hybridized carbons (Fsp3) is 0.467. The average Bonchev–Trinajstić information content (AvgIpc) is 3.40. The molecule has 2 aromatic rings. The van der Waals surface area contributed by atoms with Crippen molar-refractivity contribution < 1.29 is 4.74 Å². The summed E-state index contributed by atoms with van der Waals surface area (Å²) < 4.78 is 5.58. The summed E-state index contributed by atoms with van der Waals surface area (Å²) in [6.07, 6.45) is 7.84. The summed E-state index contributed by atoms with van der Waals surface area (Å²) in [5.74, 6) is 0.612. The number of anilines is 4. The van der Waals surface area contributed by atoms with Crippen molar-refractivity contribution in [3.63, 3.8) is 0 Å². The van der Waals surface area contributed by atoms with Crippen LogP contribution in [0.3, 0.4) is 0 Å². The highest BCUT2D eigenvalue weighted by molar-refractivity contribution is 5.64. The Morgan fingerprint density at radius 3 is 2.21 bits per heavy atom. The van der Waals surface area contributed by atoms with Crippen molar-refractivity contribution in [3.8, 4) is 6.01 Å². The van der Waals surface area contributed by atoms with Crippen LogP contribution in [0.4, 0.5) is 23.1 Å². The average molecular weight is 328 g/mol. The smallest absolute Gasteiger partial charge is 0.316 e. The molecular weight excluding hydrogens is 308 g/mol. The molecule has 4 rings (SSSR count). The van der Waals surface area contributed by atoms with Gasteiger partial charge in [0.1, 0.15) is 6.10 Å². The summed E-state index contributed by atoms with van der Waals surface area (Å²) in [7, 11) is 0. The van der Waals surface area contributed by atoms with Gasteiger partial charge in [-0.25, -0.2) is 15.0 Å². The number of nitrogens with two attached hydrogens (primary N) is 2. The van der Waals surface area contributed by atoms with E-state index >= 15 is 0 Å². The molecule has 1 saturated heterocycles. The van der Waals surface area contributed by atoms with Crippen molar-refractivity contribution in [2.24, 2.45) is 0 Å². The number of hydrogen-bond acceptors (Lipinski definition) is 9. The monoisotopic (exact) mass is 328 g/mol. The molecule has 126 valence electrons. The van der Waals surface area contributed by atoms with Gasteiger partial charge in [-0.15, -0.1) is 0 Å². The largest absolute Gasteiger partial charge is 0.460 e. The van der Waals surface area contributed by atoms with E-state index in [9.17, 15) is 0 Å². The Morgan fingerprint density at radius 2 is 1.58 bits per heavy atom. The fourth-order valence-electron chi connectivity index (χ4n) is 2.72. The molecule has 2 aliphatic rings. The SMILES string of the molecule is Nc1ncc(N2CCN(c3cnc(OC4CC4)nc3)CC2)c(N)n1. The summed E-state index contributed by atoms with van der Waals surface area (Å²) in [6, 6.07) is 0.465. The molecule has 9 nitrogen and oxygen atoms in total. The van der Waals surface area contributed by atoms with E-state index in [1.54, 1.807) is 6.20 Å². The van der Waals surface area contributed by atoms with E-state index in [0.29, 0.717) is 17.9 Å². The molecule has 0 radical (unpaired) electrons. The van der Waals surface area contributed by atoms with E-state index in [2.05, 4.69) is 29.7 Å². The van der Waals surface area contributed by atoms with E-state index in [1.165, 1.54) is 0 Å². The van der Waals surface area contributed by atoms with E-state index in [-0.39, 0.29) is 5.95 Å². The lowest BCUT2D eigenvalue weighted by atomic mass is 10.2. The van der Waals surface area contributed by atoms with Gasteiger partial charge in [-0.1, -0.05) is 0 Å². The second-order valence-electron chi connectivity index (χ2n) is 6.01. The number of piperazine rings is 1. The molecule has 24 heavy (non-hydrogen) atoms. The molecule has 0 atom stereocenters. The van der Waals surface area contributed by atoms with Crippen molar-refractivity contribution in [1.29, 1.82) is 0 Å². The van der Waals surface area contributed by atoms with E-state index < -0.39 is 0 Å². The van der Waals surface area contributed by atoms with Gasteiger partial charge in [0.15, 0.2) is 5.82 Å². The molecule has 1 aliphatic carbocycles. The maximum absolute atomic E-state index is 5.94. The number of aromatic nitrogens is 4. The second-order valence-corrected chi connectivity index (χ2v) is 6.01. The van der Waals surface area contributed by atoms with Crippen LogP contribution in [0.1, 0.15) is 12.8 Å². The van der Waals surface area contributed by atoms with Gasteiger partial charge in [0.05, 0.1) is 30.0 Å². The van der Waals surface area contributed by atoms with E-state index in [0.717, 1.165) is 50.4 Å². The molecule has 3 heterocycles. The van der Waals surface area contributed by atoms with Gasteiger partial charge in [0.25, 0.3) is 0 Å². The van der Waals surface area contributed by atoms with Gasteiger partial charge in [-0.2, -0.15) is 4.98 Å². The predicted octanol–water partition coefficient (Wildman–Crippen LogP) is 0.299. The number of ether oxygens (including phenoxy) is 1. The molecular formula is C15H20N8O. The number of hydrogen-bond donors (Lipinski definition) is 2. The molecule has 0 spiro atoms. The minimum absolute atomic E-state index is 0.195. The molecule has 0 unspecified atom stereocenters. The van der Waals surface area contributed by atoms with E-state index in [1.807, 2.05) is 12.4 Å². The lowest BCUT2D eigenvalue weighted by Gasteiger charge is -2.37. The van der Waals surface area contributed by atoms with Crippen LogP contribution in [-0.4, -0.2) is 52.2 Å². The van der Waals surface area contributed by atoms with Gasteiger partial charge in [0, 0.05) is 26.2 Å². The molecule has 1 aliphatic heterocycles. The summed E-state index contributed by atoms with van der Waals surface area (Å²) >= 11 is 0. The van der Waals surface area contributed by atoms with Crippen molar-refractivity contribution in [1.82, 2.24) is 19.9 Å². The molecule has 2 aromatic heterocycles. The van der Waals surface area contributed by atoms with Crippen LogP contribution < -0.4 is 26.0 Å². The zero-order valence-electron chi connectivity index (χ0n) is 13.3. The first-order valence-electron chi connectivity index (χ1n) is 8.05. The Balaban J connectivity index is 1.38. The maximum Gasteiger partial charge on any atom is 0.316 e. The fourth-order valence-corrected chi connectivity index (χ4v) is 2.72. The lowest BCUT2D eigenvalue weighted by Crippen LogP contribution is -2.47. The van der Waals surface area contributed by atoms with Gasteiger partial charge in [0.2, 0.25) is 5.95 Å². The Morgan fingerprint density at radius 1 is 0.917 bits per heavy atom. The first kappa shape index (κ1) is 14.7. The molecule has 0 aromatic carbocycles. The van der Waals surface area contributed by atoms with Gasteiger partial charge >= 0.3 is 6.01 Å². The first-order valence-corrected chi connectivity index (χ1v) is 8.05. The van der Waals surface area contributed by atoms with E-state index in [4.69, 9.17) is 16.2 Å². The van der Waals surface area contributed by atoms with Crippen LogP contribution >= 0.6 is 0 Å². The highest BCUT2D eigenvalue weighted by Crippen LogP contribution is 2.26. The highest BCUT2D eigenvalue weighted by atomic mass is 16.5. The minimum atomic E-state index is 0.195. The van der Waals surface area contributed by atoms with Crippen LogP contribution in [0, 0.1) is 0 Å². The zero-order chi connectivity index (χ0) is 16.5. The molecule has 4 N–H and O–H groups in total. The zero-order valence-corrected chi connectivity index (χ0v) is 13.3. The Bertz CT molecular complexity index is 710. The van der Waals surface area contributed by atoms with Crippen LogP contribution in [0.5, 0.6) is 6.01 Å². The van der Waals surface area contributed by atoms with Gasteiger partial charge < -0.3 is 26.0 Å². The molecule has 0 amide bonds. The van der Waals surface area contributed by atoms with Crippen molar-refractivity contribution in [3.05, 3.63) is 18.6 Å². The molecule has 0 bridgehead atoms. The Labute approximate surface area is 139 Å². The minimum Gasteiger partial charge on any atom is -0.460 e. The molecule has 9 heteroatoms. The van der Waals surface area contributed by atoms with Crippen molar-refractivity contribution >= 4 is 23.1 Å².